The van der Waals surface area contributed by atoms with Crippen LogP contribution in [0.5, 0.6) is 5.75 Å². The van der Waals surface area contributed by atoms with E-state index in [1.807, 2.05) is 18.2 Å². The second kappa shape index (κ2) is 8.51. The molecule has 0 radical (unpaired) electrons. The Morgan fingerprint density at radius 2 is 2.04 bits per heavy atom. The predicted molar refractivity (Wildman–Crippen MR) is 102 cm³/mol. The molecule has 1 heterocycles. The van der Waals surface area contributed by atoms with Crippen molar-refractivity contribution in [2.24, 2.45) is 16.9 Å². The number of hydrogen-bond acceptors (Lipinski definition) is 5. The van der Waals surface area contributed by atoms with Crippen molar-refractivity contribution in [2.75, 3.05) is 38.2 Å². The highest BCUT2D eigenvalue weighted by Gasteiger charge is 2.34. The van der Waals surface area contributed by atoms with Gasteiger partial charge in [-0.15, -0.1) is 0 Å². The number of piperidine rings is 1. The zero-order valence-corrected chi connectivity index (χ0v) is 15.9. The Morgan fingerprint density at radius 3 is 2.65 bits per heavy atom. The second-order valence-electron chi connectivity index (χ2n) is 7.53. The summed E-state index contributed by atoms with van der Waals surface area (Å²) in [5.41, 5.74) is 12.1. The standard InChI is InChI=1S/C19H30N4O3/c1-19(2)13-22(10-8-16(19)20)12-18(25)23(11-9-17(21)24)14-6-4-5-7-15(14)26-3/h4-7,16H,8-13,20H2,1-3H3,(H2,21,24). The van der Waals surface area contributed by atoms with Crippen LogP contribution in [0, 0.1) is 5.41 Å². The first-order valence-electron chi connectivity index (χ1n) is 8.94. The van der Waals surface area contributed by atoms with Crippen molar-refractivity contribution in [2.45, 2.75) is 32.7 Å². The summed E-state index contributed by atoms with van der Waals surface area (Å²) in [7, 11) is 1.56. The molecule has 26 heavy (non-hydrogen) atoms. The average molecular weight is 362 g/mol. The molecule has 0 aromatic heterocycles. The molecule has 0 aliphatic carbocycles. The molecule has 1 saturated heterocycles. The highest BCUT2D eigenvalue weighted by molar-refractivity contribution is 5.96. The SMILES string of the molecule is COc1ccccc1N(CCC(N)=O)C(=O)CN1CCC(N)C(C)(C)C1. The Morgan fingerprint density at radius 1 is 1.35 bits per heavy atom. The molecule has 1 unspecified atom stereocenters. The van der Waals surface area contributed by atoms with Crippen molar-refractivity contribution in [3.05, 3.63) is 24.3 Å². The molecule has 2 rings (SSSR count). The van der Waals surface area contributed by atoms with Crippen LogP contribution >= 0.6 is 0 Å². The molecule has 7 heteroatoms. The van der Waals surface area contributed by atoms with Crippen LogP contribution in [0.25, 0.3) is 0 Å². The summed E-state index contributed by atoms with van der Waals surface area (Å²) in [5.74, 6) is 0.0658. The molecule has 0 saturated carbocycles. The lowest BCUT2D eigenvalue weighted by Gasteiger charge is -2.42. The van der Waals surface area contributed by atoms with E-state index in [2.05, 4.69) is 18.7 Å². The third-order valence-electron chi connectivity index (χ3n) is 5.01. The Labute approximate surface area is 155 Å². The van der Waals surface area contributed by atoms with E-state index in [0.29, 0.717) is 11.4 Å². The first-order valence-corrected chi connectivity index (χ1v) is 8.94. The molecule has 1 aromatic carbocycles. The molecule has 1 fully saturated rings. The number of rotatable bonds is 7. The number of amides is 2. The van der Waals surface area contributed by atoms with E-state index in [-0.39, 0.29) is 36.9 Å². The van der Waals surface area contributed by atoms with Gasteiger partial charge in [-0.25, -0.2) is 0 Å². The Kier molecular flexibility index (Phi) is 6.61. The molecule has 4 N–H and O–H groups in total. The summed E-state index contributed by atoms with van der Waals surface area (Å²) >= 11 is 0. The Hall–Kier alpha value is -2.12. The number of ether oxygens (including phenoxy) is 1. The second-order valence-corrected chi connectivity index (χ2v) is 7.53. The number of primary amides is 1. The predicted octanol–water partition coefficient (Wildman–Crippen LogP) is 0.963. The van der Waals surface area contributed by atoms with Gasteiger partial charge < -0.3 is 21.1 Å². The minimum Gasteiger partial charge on any atom is -0.495 e. The zero-order chi connectivity index (χ0) is 19.3. The fourth-order valence-electron chi connectivity index (χ4n) is 3.35. The van der Waals surface area contributed by atoms with Crippen molar-refractivity contribution >= 4 is 17.5 Å². The van der Waals surface area contributed by atoms with Gasteiger partial charge in [-0.2, -0.15) is 0 Å². The molecule has 144 valence electrons. The summed E-state index contributed by atoms with van der Waals surface area (Å²) in [4.78, 5) is 28.0. The Balaban J connectivity index is 2.17. The van der Waals surface area contributed by atoms with Crippen molar-refractivity contribution in [1.29, 1.82) is 0 Å². The lowest BCUT2D eigenvalue weighted by molar-refractivity contribution is -0.120. The lowest BCUT2D eigenvalue weighted by Crippen LogP contribution is -2.54. The first-order chi connectivity index (χ1) is 12.2. The summed E-state index contributed by atoms with van der Waals surface area (Å²) < 4.78 is 5.38. The van der Waals surface area contributed by atoms with Crippen LogP contribution in [0.3, 0.4) is 0 Å². The van der Waals surface area contributed by atoms with Crippen molar-refractivity contribution in [1.82, 2.24) is 4.90 Å². The van der Waals surface area contributed by atoms with Crippen LogP contribution in [0.1, 0.15) is 26.7 Å². The average Bonchev–Trinajstić information content (AvgIpc) is 2.58. The minimum absolute atomic E-state index is 0.0407. The van der Waals surface area contributed by atoms with Gasteiger partial charge in [-0.1, -0.05) is 26.0 Å². The lowest BCUT2D eigenvalue weighted by atomic mass is 9.80. The van der Waals surface area contributed by atoms with Gasteiger partial charge in [0.15, 0.2) is 0 Å². The molecule has 1 aliphatic heterocycles. The van der Waals surface area contributed by atoms with Crippen molar-refractivity contribution in [3.63, 3.8) is 0 Å². The molecule has 2 amide bonds. The number of carbonyl (C=O) groups excluding carboxylic acids is 2. The highest BCUT2D eigenvalue weighted by Crippen LogP contribution is 2.30. The number of methoxy groups -OCH3 is 1. The van der Waals surface area contributed by atoms with Gasteiger partial charge in [-0.05, 0) is 24.0 Å². The summed E-state index contributed by atoms with van der Waals surface area (Å²) in [6, 6.07) is 7.42. The molecule has 0 spiro atoms. The molecule has 0 bridgehead atoms. The monoisotopic (exact) mass is 362 g/mol. The summed E-state index contributed by atoms with van der Waals surface area (Å²) in [6.07, 6.45) is 0.955. The van der Waals surface area contributed by atoms with Crippen LogP contribution in [0.4, 0.5) is 5.69 Å². The van der Waals surface area contributed by atoms with Gasteiger partial charge in [0.2, 0.25) is 11.8 Å². The molecular formula is C19H30N4O3. The van der Waals surface area contributed by atoms with E-state index in [4.69, 9.17) is 16.2 Å². The minimum atomic E-state index is -0.442. The smallest absolute Gasteiger partial charge is 0.241 e. The van der Waals surface area contributed by atoms with E-state index in [1.54, 1.807) is 18.1 Å². The number of benzene rings is 1. The van der Waals surface area contributed by atoms with E-state index in [1.165, 1.54) is 0 Å². The maximum atomic E-state index is 13.0. The number of para-hydroxylation sites is 2. The van der Waals surface area contributed by atoms with Gasteiger partial charge in [0.25, 0.3) is 0 Å². The van der Waals surface area contributed by atoms with Crippen molar-refractivity contribution < 1.29 is 14.3 Å². The van der Waals surface area contributed by atoms with Crippen LogP contribution in [-0.2, 0) is 9.59 Å². The van der Waals surface area contributed by atoms with Gasteiger partial charge >= 0.3 is 0 Å². The van der Waals surface area contributed by atoms with Gasteiger partial charge in [0.1, 0.15) is 5.75 Å². The quantitative estimate of drug-likeness (QED) is 0.752. The van der Waals surface area contributed by atoms with E-state index < -0.39 is 5.91 Å². The largest absolute Gasteiger partial charge is 0.495 e. The zero-order valence-electron chi connectivity index (χ0n) is 15.9. The maximum absolute atomic E-state index is 13.0. The van der Waals surface area contributed by atoms with Gasteiger partial charge in [0.05, 0.1) is 19.3 Å². The Bertz CT molecular complexity index is 647. The molecule has 1 atom stereocenters. The highest BCUT2D eigenvalue weighted by atomic mass is 16.5. The number of carbonyl (C=O) groups is 2. The number of anilines is 1. The van der Waals surface area contributed by atoms with Crippen molar-refractivity contribution in [3.8, 4) is 5.75 Å². The number of hydrogen-bond donors (Lipinski definition) is 2. The molecular weight excluding hydrogens is 332 g/mol. The van der Waals surface area contributed by atoms with E-state index in [9.17, 15) is 9.59 Å². The topological polar surface area (TPSA) is 102 Å². The van der Waals surface area contributed by atoms with Gasteiger partial charge in [0, 0.05) is 32.1 Å². The van der Waals surface area contributed by atoms with Gasteiger partial charge in [-0.3, -0.25) is 14.5 Å². The maximum Gasteiger partial charge on any atom is 0.241 e. The summed E-state index contributed by atoms with van der Waals surface area (Å²) in [5, 5.41) is 0. The van der Waals surface area contributed by atoms with Crippen LogP contribution in [0.15, 0.2) is 24.3 Å². The first kappa shape index (κ1) is 20.2. The number of nitrogens with zero attached hydrogens (tertiary/aromatic N) is 2. The number of likely N-dealkylation sites (tertiary alicyclic amines) is 1. The third-order valence-corrected chi connectivity index (χ3v) is 5.01. The fraction of sp³-hybridized carbons (Fsp3) is 0.579. The fourth-order valence-corrected chi connectivity index (χ4v) is 3.35. The molecule has 1 aliphatic rings. The molecule has 7 nitrogen and oxygen atoms in total. The number of nitrogens with two attached hydrogens (primary N) is 2. The summed E-state index contributed by atoms with van der Waals surface area (Å²) in [6.45, 7) is 6.29. The molecule has 1 aromatic rings. The van der Waals surface area contributed by atoms with E-state index in [0.717, 1.165) is 19.5 Å². The third kappa shape index (κ3) is 4.95. The van der Waals surface area contributed by atoms with Crippen LogP contribution < -0.4 is 21.1 Å². The van der Waals surface area contributed by atoms with E-state index >= 15 is 0 Å². The van der Waals surface area contributed by atoms with Crippen LogP contribution in [0.2, 0.25) is 0 Å². The van der Waals surface area contributed by atoms with Crippen LogP contribution in [-0.4, -0.2) is 56.0 Å². The normalized spacial score (nSPS) is 19.8.